The predicted molar refractivity (Wildman–Crippen MR) is 102 cm³/mol. The van der Waals surface area contributed by atoms with E-state index in [-0.39, 0.29) is 0 Å². The molecule has 0 fully saturated rings. The molecule has 0 N–H and O–H groups in total. The quantitative estimate of drug-likeness (QED) is 0.373. The Morgan fingerprint density at radius 3 is 1.33 bits per heavy atom. The van der Waals surface area contributed by atoms with Gasteiger partial charge in [-0.2, -0.15) is 0 Å². The second-order valence-corrected chi connectivity index (χ2v) is 6.95. The smallest absolute Gasteiger partial charge is 0.00102 e. The van der Waals surface area contributed by atoms with E-state index in [0.717, 1.165) is 12.8 Å². The summed E-state index contributed by atoms with van der Waals surface area (Å²) in [6, 6.07) is 26.9. The Morgan fingerprint density at radius 1 is 0.458 bits per heavy atom. The summed E-state index contributed by atoms with van der Waals surface area (Å²) in [5.41, 5.74) is 8.92. The fourth-order valence-corrected chi connectivity index (χ4v) is 4.74. The van der Waals surface area contributed by atoms with Gasteiger partial charge in [0, 0.05) is 0 Å². The van der Waals surface area contributed by atoms with E-state index in [1.54, 1.807) is 0 Å². The van der Waals surface area contributed by atoms with Crippen LogP contribution in [0.1, 0.15) is 22.3 Å². The van der Waals surface area contributed by atoms with Gasteiger partial charge in [-0.25, -0.2) is 0 Å². The van der Waals surface area contributed by atoms with Crippen LogP contribution in [0.3, 0.4) is 0 Å². The van der Waals surface area contributed by atoms with Gasteiger partial charge in [-0.15, -0.1) is 0 Å². The zero-order valence-electron chi connectivity index (χ0n) is 13.3. The molecule has 0 heterocycles. The molecule has 0 saturated heterocycles. The first-order valence-corrected chi connectivity index (χ1v) is 8.64. The molecule has 24 heavy (non-hydrogen) atoms. The van der Waals surface area contributed by atoms with E-state index in [1.807, 2.05) is 0 Å². The van der Waals surface area contributed by atoms with Crippen molar-refractivity contribution in [3.05, 3.63) is 95.1 Å². The number of hydrogen-bond acceptors (Lipinski definition) is 0. The summed E-state index contributed by atoms with van der Waals surface area (Å²) in [5.74, 6) is 0. The third-order valence-corrected chi connectivity index (χ3v) is 5.73. The van der Waals surface area contributed by atoms with Gasteiger partial charge >= 0.3 is 0 Å². The molecular weight excluding hydrogens is 288 g/mol. The Bertz CT molecular complexity index is 1090. The largest absolute Gasteiger partial charge is 0.0613 e. The molecule has 0 saturated carbocycles. The van der Waals surface area contributed by atoms with Crippen LogP contribution in [0.15, 0.2) is 72.8 Å². The second kappa shape index (κ2) is 4.36. The highest BCUT2D eigenvalue weighted by atomic mass is 14.3. The molecule has 0 unspecified atom stereocenters. The zero-order chi connectivity index (χ0) is 15.7. The Morgan fingerprint density at radius 2 is 0.875 bits per heavy atom. The highest BCUT2D eigenvalue weighted by molar-refractivity contribution is 6.13. The number of benzene rings is 4. The summed E-state index contributed by atoms with van der Waals surface area (Å²) in [6.07, 6.45) is 2.13. The molecule has 0 radical (unpaired) electrons. The van der Waals surface area contributed by atoms with Crippen LogP contribution in [0.5, 0.6) is 0 Å². The molecule has 4 aromatic carbocycles. The summed E-state index contributed by atoms with van der Waals surface area (Å²) in [7, 11) is 0. The summed E-state index contributed by atoms with van der Waals surface area (Å²) >= 11 is 0. The van der Waals surface area contributed by atoms with Crippen LogP contribution in [0.25, 0.3) is 32.7 Å². The van der Waals surface area contributed by atoms with Crippen molar-refractivity contribution < 1.29 is 0 Å². The van der Waals surface area contributed by atoms with E-state index in [4.69, 9.17) is 0 Å². The molecule has 0 heteroatoms. The van der Waals surface area contributed by atoms with Gasteiger partial charge < -0.3 is 0 Å². The maximum Gasteiger partial charge on any atom is -0.00102 e. The van der Waals surface area contributed by atoms with Crippen LogP contribution >= 0.6 is 0 Å². The van der Waals surface area contributed by atoms with Crippen molar-refractivity contribution in [1.82, 2.24) is 0 Å². The maximum atomic E-state index is 2.31. The molecule has 0 bridgehead atoms. The van der Waals surface area contributed by atoms with Gasteiger partial charge in [-0.1, -0.05) is 72.8 Å². The van der Waals surface area contributed by atoms with E-state index in [1.165, 1.54) is 54.9 Å². The summed E-state index contributed by atoms with van der Waals surface area (Å²) in [6.45, 7) is 0. The van der Waals surface area contributed by atoms with Gasteiger partial charge in [0.1, 0.15) is 0 Å². The first-order chi connectivity index (χ1) is 11.9. The number of rotatable bonds is 0. The molecule has 2 aliphatic rings. The number of hydrogen-bond donors (Lipinski definition) is 0. The van der Waals surface area contributed by atoms with Crippen molar-refractivity contribution >= 4 is 32.7 Å². The van der Waals surface area contributed by atoms with Crippen molar-refractivity contribution in [3.8, 4) is 0 Å². The Balaban J connectivity index is 1.70. The average molecular weight is 304 g/mol. The molecule has 4 aromatic rings. The Labute approximate surface area is 141 Å². The van der Waals surface area contributed by atoms with E-state index in [0.29, 0.717) is 0 Å². The SMILES string of the molecule is c1cc2c3c(cccc3c1)/C(=C1\Cc3cccc4cccc1c34)C2. The monoisotopic (exact) mass is 304 g/mol. The molecule has 0 aromatic heterocycles. The minimum Gasteiger partial charge on any atom is -0.0613 e. The summed E-state index contributed by atoms with van der Waals surface area (Å²) in [4.78, 5) is 0. The Hall–Kier alpha value is -2.86. The summed E-state index contributed by atoms with van der Waals surface area (Å²) in [5, 5.41) is 5.67. The topological polar surface area (TPSA) is 0 Å². The third-order valence-electron chi connectivity index (χ3n) is 5.73. The molecule has 0 spiro atoms. The normalized spacial score (nSPS) is 18.0. The summed E-state index contributed by atoms with van der Waals surface area (Å²) < 4.78 is 0. The van der Waals surface area contributed by atoms with Gasteiger partial charge in [0.25, 0.3) is 0 Å². The second-order valence-electron chi connectivity index (χ2n) is 6.95. The van der Waals surface area contributed by atoms with Crippen molar-refractivity contribution in [2.75, 3.05) is 0 Å². The van der Waals surface area contributed by atoms with Crippen LogP contribution in [0.2, 0.25) is 0 Å². The zero-order valence-corrected chi connectivity index (χ0v) is 13.3. The molecule has 0 atom stereocenters. The lowest BCUT2D eigenvalue weighted by Gasteiger charge is -2.08. The average Bonchev–Trinajstić information content (AvgIpc) is 3.18. The van der Waals surface area contributed by atoms with Gasteiger partial charge in [0.15, 0.2) is 0 Å². The highest BCUT2D eigenvalue weighted by Gasteiger charge is 2.26. The van der Waals surface area contributed by atoms with Gasteiger partial charge in [-0.05, 0) is 67.8 Å². The lowest BCUT2D eigenvalue weighted by molar-refractivity contribution is 1.32. The highest BCUT2D eigenvalue weighted by Crippen LogP contribution is 2.46. The Kier molecular flexibility index (Phi) is 2.28. The fourth-order valence-electron chi connectivity index (χ4n) is 4.74. The van der Waals surface area contributed by atoms with Crippen LogP contribution in [0.4, 0.5) is 0 Å². The molecule has 112 valence electrons. The van der Waals surface area contributed by atoms with Crippen LogP contribution in [-0.2, 0) is 12.8 Å². The molecule has 0 nitrogen and oxygen atoms in total. The van der Waals surface area contributed by atoms with Crippen LogP contribution in [0, 0.1) is 0 Å². The van der Waals surface area contributed by atoms with Crippen molar-refractivity contribution in [1.29, 1.82) is 0 Å². The van der Waals surface area contributed by atoms with Crippen LogP contribution < -0.4 is 0 Å². The fraction of sp³-hybridized carbons (Fsp3) is 0.0833. The van der Waals surface area contributed by atoms with Crippen LogP contribution in [-0.4, -0.2) is 0 Å². The van der Waals surface area contributed by atoms with Gasteiger partial charge in [-0.3, -0.25) is 0 Å². The van der Waals surface area contributed by atoms with E-state index in [2.05, 4.69) is 72.8 Å². The van der Waals surface area contributed by atoms with Gasteiger partial charge in [0.2, 0.25) is 0 Å². The lowest BCUT2D eigenvalue weighted by atomic mass is 9.95. The van der Waals surface area contributed by atoms with Crippen molar-refractivity contribution in [2.45, 2.75) is 12.8 Å². The first-order valence-electron chi connectivity index (χ1n) is 8.64. The first kappa shape index (κ1) is 12.5. The minimum absolute atomic E-state index is 1.07. The lowest BCUT2D eigenvalue weighted by Crippen LogP contribution is -1.89. The minimum atomic E-state index is 1.07. The molecule has 2 aliphatic carbocycles. The van der Waals surface area contributed by atoms with Crippen molar-refractivity contribution in [2.24, 2.45) is 0 Å². The van der Waals surface area contributed by atoms with E-state index < -0.39 is 0 Å². The third kappa shape index (κ3) is 1.48. The number of allylic oxidation sites excluding steroid dienone is 2. The maximum absolute atomic E-state index is 2.31. The van der Waals surface area contributed by atoms with E-state index in [9.17, 15) is 0 Å². The molecular formula is C24H16. The van der Waals surface area contributed by atoms with Gasteiger partial charge in [0.05, 0.1) is 0 Å². The predicted octanol–water partition coefficient (Wildman–Crippen LogP) is 6.02. The molecule has 0 amide bonds. The standard InChI is InChI=1S/C24H16/c1-5-15-7-3-11-19-21(13-17(9-1)23(15)19)22-14-18-10-2-6-16-8-4-12-20(22)24(16)18/h1-12H,13-14H2/b22-21+. The van der Waals surface area contributed by atoms with Crippen molar-refractivity contribution in [3.63, 3.8) is 0 Å². The molecule has 6 rings (SSSR count). The molecule has 0 aliphatic heterocycles. The van der Waals surface area contributed by atoms with E-state index >= 15 is 0 Å².